The number of ketones is 2. The van der Waals surface area contributed by atoms with Crippen LogP contribution < -0.4 is 0 Å². The van der Waals surface area contributed by atoms with Gasteiger partial charge in [0.1, 0.15) is 0 Å². The second kappa shape index (κ2) is 6.39. The topological polar surface area (TPSA) is 71.5 Å². The van der Waals surface area contributed by atoms with Gasteiger partial charge in [0.2, 0.25) is 10.0 Å². The zero-order valence-corrected chi connectivity index (χ0v) is 16.1. The number of hydrogen-bond donors (Lipinski definition) is 0. The minimum atomic E-state index is -3.88. The normalized spacial score (nSPS) is 23.0. The minimum absolute atomic E-state index is 0.00614. The van der Waals surface area contributed by atoms with Crippen LogP contribution >= 0.6 is 0 Å². The molecule has 1 fully saturated rings. The molecule has 1 aliphatic heterocycles. The van der Waals surface area contributed by atoms with Gasteiger partial charge in [-0.25, -0.2) is 8.42 Å². The van der Waals surface area contributed by atoms with Crippen LogP contribution in [0.3, 0.4) is 0 Å². The molecule has 1 heterocycles. The number of rotatable bonds is 2. The summed E-state index contributed by atoms with van der Waals surface area (Å²) >= 11 is 0. The fraction of sp³-hybridized carbons (Fsp3) is 0.333. The molecule has 2 aromatic carbocycles. The first kappa shape index (κ1) is 18.1. The number of fused-ring (bicyclic) bond motifs is 2. The Morgan fingerprint density at radius 2 is 1.52 bits per heavy atom. The van der Waals surface area contributed by atoms with Crippen molar-refractivity contribution in [2.75, 3.05) is 6.54 Å². The van der Waals surface area contributed by atoms with E-state index >= 15 is 0 Å². The van der Waals surface area contributed by atoms with E-state index in [0.29, 0.717) is 12.1 Å². The highest BCUT2D eigenvalue weighted by Gasteiger charge is 2.40. The molecular weight excluding hydrogens is 362 g/mol. The molecule has 0 aromatic heterocycles. The molecule has 5 nitrogen and oxygen atoms in total. The van der Waals surface area contributed by atoms with Gasteiger partial charge in [0.25, 0.3) is 0 Å². The van der Waals surface area contributed by atoms with Crippen molar-refractivity contribution >= 4 is 21.6 Å². The lowest BCUT2D eigenvalue weighted by atomic mass is 9.84. The van der Waals surface area contributed by atoms with Crippen LogP contribution in [0.1, 0.15) is 58.5 Å². The predicted octanol–water partition coefficient (Wildman–Crippen LogP) is 3.27. The van der Waals surface area contributed by atoms with Crippen LogP contribution in [0.4, 0.5) is 0 Å². The van der Waals surface area contributed by atoms with E-state index in [1.807, 2.05) is 13.8 Å². The second-order valence-corrected chi connectivity index (χ2v) is 9.22. The van der Waals surface area contributed by atoms with E-state index in [1.54, 1.807) is 30.3 Å². The van der Waals surface area contributed by atoms with Gasteiger partial charge in [0, 0.05) is 29.3 Å². The molecule has 0 unspecified atom stereocenters. The van der Waals surface area contributed by atoms with Gasteiger partial charge in [-0.3, -0.25) is 9.59 Å². The molecule has 1 saturated heterocycles. The van der Waals surface area contributed by atoms with Crippen LogP contribution in [0.25, 0.3) is 0 Å². The molecule has 2 aliphatic rings. The Kier molecular flexibility index (Phi) is 4.28. The molecule has 4 rings (SSSR count). The van der Waals surface area contributed by atoms with Crippen LogP contribution in [0.2, 0.25) is 0 Å². The zero-order chi connectivity index (χ0) is 19.3. The largest absolute Gasteiger partial charge is 0.289 e. The summed E-state index contributed by atoms with van der Waals surface area (Å²) in [6.45, 7) is 4.37. The first-order valence-electron chi connectivity index (χ1n) is 9.17. The van der Waals surface area contributed by atoms with Crippen molar-refractivity contribution in [2.45, 2.75) is 37.6 Å². The lowest BCUT2D eigenvalue weighted by Gasteiger charge is -2.37. The van der Waals surface area contributed by atoms with Crippen molar-refractivity contribution in [2.24, 2.45) is 5.92 Å². The highest BCUT2D eigenvalue weighted by molar-refractivity contribution is 7.89. The molecule has 2 atom stereocenters. The summed E-state index contributed by atoms with van der Waals surface area (Å²) < 4.78 is 28.4. The fourth-order valence-corrected chi connectivity index (χ4v) is 6.07. The summed E-state index contributed by atoms with van der Waals surface area (Å²) in [5.41, 5.74) is 0.756. The Bertz CT molecular complexity index is 1060. The maximum absolute atomic E-state index is 13.4. The second-order valence-electron chi connectivity index (χ2n) is 7.36. The van der Waals surface area contributed by atoms with Gasteiger partial charge in [-0.1, -0.05) is 43.3 Å². The zero-order valence-electron chi connectivity index (χ0n) is 15.3. The van der Waals surface area contributed by atoms with E-state index in [2.05, 4.69) is 0 Å². The van der Waals surface area contributed by atoms with Gasteiger partial charge in [-0.05, 0) is 31.7 Å². The minimum Gasteiger partial charge on any atom is -0.289 e. The Labute approximate surface area is 159 Å². The van der Waals surface area contributed by atoms with Crippen molar-refractivity contribution < 1.29 is 18.0 Å². The van der Waals surface area contributed by atoms with Crippen molar-refractivity contribution in [1.29, 1.82) is 0 Å². The van der Waals surface area contributed by atoms with Crippen LogP contribution in [0, 0.1) is 5.92 Å². The SMILES string of the molecule is C[C@@H]1CCCN(S(=O)(=O)c2cccc3c2C(=O)c2ccccc2C3=O)[C@H]1C. The van der Waals surface area contributed by atoms with E-state index in [9.17, 15) is 18.0 Å². The molecule has 140 valence electrons. The van der Waals surface area contributed by atoms with Gasteiger partial charge in [0.15, 0.2) is 11.6 Å². The van der Waals surface area contributed by atoms with Gasteiger partial charge in [0.05, 0.1) is 10.5 Å². The van der Waals surface area contributed by atoms with Gasteiger partial charge < -0.3 is 0 Å². The molecule has 6 heteroatoms. The molecule has 0 saturated carbocycles. The standard InChI is InChI=1S/C21H21NO4S/c1-13-7-6-12-22(14(13)2)27(25,26)18-11-5-10-17-19(18)21(24)16-9-4-3-8-15(16)20(17)23/h3-5,8-11,13-14H,6-7,12H2,1-2H3/t13-,14+/m1/s1. The van der Waals surface area contributed by atoms with E-state index in [-0.39, 0.29) is 39.3 Å². The molecular formula is C21H21NO4S. The van der Waals surface area contributed by atoms with Crippen LogP contribution in [-0.2, 0) is 10.0 Å². The Morgan fingerprint density at radius 3 is 2.22 bits per heavy atom. The van der Waals surface area contributed by atoms with Gasteiger partial charge in [-0.15, -0.1) is 0 Å². The third-order valence-electron chi connectivity index (χ3n) is 5.82. The molecule has 1 aliphatic carbocycles. The molecule has 0 spiro atoms. The Hall–Kier alpha value is -2.31. The number of carbonyl (C=O) groups is 2. The number of carbonyl (C=O) groups excluding carboxylic acids is 2. The molecule has 2 aromatic rings. The third kappa shape index (κ3) is 2.66. The van der Waals surface area contributed by atoms with Gasteiger partial charge in [-0.2, -0.15) is 4.31 Å². The highest BCUT2D eigenvalue weighted by atomic mass is 32.2. The van der Waals surface area contributed by atoms with Crippen molar-refractivity contribution in [3.05, 3.63) is 64.7 Å². The van der Waals surface area contributed by atoms with E-state index in [0.717, 1.165) is 12.8 Å². The number of sulfonamides is 1. The third-order valence-corrected chi connectivity index (χ3v) is 7.85. The quantitative estimate of drug-likeness (QED) is 0.681. The highest BCUT2D eigenvalue weighted by Crippen LogP contribution is 2.35. The summed E-state index contributed by atoms with van der Waals surface area (Å²) in [7, 11) is -3.88. The summed E-state index contributed by atoms with van der Waals surface area (Å²) in [6, 6.07) is 10.9. The predicted molar refractivity (Wildman–Crippen MR) is 102 cm³/mol. The molecule has 0 bridgehead atoms. The lowest BCUT2D eigenvalue weighted by molar-refractivity contribution is 0.0976. The number of hydrogen-bond acceptors (Lipinski definition) is 4. The molecule has 0 amide bonds. The summed E-state index contributed by atoms with van der Waals surface area (Å²) in [5, 5.41) is 0. The van der Waals surface area contributed by atoms with Crippen LogP contribution in [-0.4, -0.2) is 36.9 Å². The average molecular weight is 383 g/mol. The lowest BCUT2D eigenvalue weighted by Crippen LogP contribution is -2.46. The van der Waals surface area contributed by atoms with Crippen molar-refractivity contribution in [1.82, 2.24) is 4.31 Å². The van der Waals surface area contributed by atoms with Gasteiger partial charge >= 0.3 is 0 Å². The number of benzene rings is 2. The number of nitrogens with zero attached hydrogens (tertiary/aromatic N) is 1. The maximum Gasteiger partial charge on any atom is 0.244 e. The summed E-state index contributed by atoms with van der Waals surface area (Å²) in [6.07, 6.45) is 1.76. The van der Waals surface area contributed by atoms with E-state index < -0.39 is 15.8 Å². The first-order valence-corrected chi connectivity index (χ1v) is 10.6. The monoisotopic (exact) mass is 383 g/mol. The average Bonchev–Trinajstić information content (AvgIpc) is 2.67. The van der Waals surface area contributed by atoms with E-state index in [4.69, 9.17) is 0 Å². The maximum atomic E-state index is 13.4. The Morgan fingerprint density at radius 1 is 0.889 bits per heavy atom. The summed E-state index contributed by atoms with van der Waals surface area (Å²) in [4.78, 5) is 25.9. The summed E-state index contributed by atoms with van der Waals surface area (Å²) in [5.74, 6) is -0.472. The fourth-order valence-electron chi connectivity index (χ4n) is 4.09. The molecule has 0 radical (unpaired) electrons. The first-order chi connectivity index (χ1) is 12.8. The Balaban J connectivity index is 1.90. The van der Waals surface area contributed by atoms with E-state index in [1.165, 1.54) is 16.4 Å². The van der Waals surface area contributed by atoms with Crippen LogP contribution in [0.5, 0.6) is 0 Å². The molecule has 27 heavy (non-hydrogen) atoms. The van der Waals surface area contributed by atoms with Crippen molar-refractivity contribution in [3.63, 3.8) is 0 Å². The van der Waals surface area contributed by atoms with Crippen LogP contribution in [0.15, 0.2) is 47.4 Å². The van der Waals surface area contributed by atoms with Crippen molar-refractivity contribution in [3.8, 4) is 0 Å². The smallest absolute Gasteiger partial charge is 0.244 e. The number of piperidine rings is 1. The molecule has 0 N–H and O–H groups in total.